The number of unbranched alkanes of at least 4 members (excludes halogenated alkanes) is 34. The number of hydrogen-bond acceptors (Lipinski definition) is 3. The fourth-order valence-corrected chi connectivity index (χ4v) is 7.29. The van der Waals surface area contributed by atoms with E-state index in [1.165, 1.54) is 212 Å². The van der Waals surface area contributed by atoms with Crippen molar-refractivity contribution in [2.75, 3.05) is 6.61 Å². The molecule has 0 rings (SSSR count). The summed E-state index contributed by atoms with van der Waals surface area (Å²) >= 11 is 0. The van der Waals surface area contributed by atoms with Gasteiger partial charge in [-0.3, -0.25) is 4.79 Å². The van der Waals surface area contributed by atoms with E-state index in [-0.39, 0.29) is 12.5 Å². The smallest absolute Gasteiger partial charge is 0.220 e. The number of aliphatic hydroxyl groups is 2. The Balaban J connectivity index is 3.51. The summed E-state index contributed by atoms with van der Waals surface area (Å²) in [5.41, 5.74) is 0. The first-order valence-corrected chi connectivity index (χ1v) is 23.6. The predicted molar refractivity (Wildman–Crippen MR) is 230 cm³/mol. The van der Waals surface area contributed by atoms with Crippen LogP contribution in [0.3, 0.4) is 0 Å². The van der Waals surface area contributed by atoms with Crippen LogP contribution in [0.25, 0.3) is 0 Å². The van der Waals surface area contributed by atoms with Gasteiger partial charge in [0, 0.05) is 6.42 Å². The number of amides is 1. The van der Waals surface area contributed by atoms with Gasteiger partial charge in [-0.15, -0.1) is 0 Å². The molecule has 3 N–H and O–H groups in total. The van der Waals surface area contributed by atoms with Gasteiger partial charge in [0.05, 0.1) is 18.8 Å². The molecule has 0 aromatic heterocycles. The van der Waals surface area contributed by atoms with E-state index in [2.05, 4.69) is 31.3 Å². The fraction of sp³-hybridized carbons (Fsp3) is 0.896. The fourth-order valence-electron chi connectivity index (χ4n) is 7.29. The quantitative estimate of drug-likeness (QED) is 0.0432. The van der Waals surface area contributed by atoms with Crippen molar-refractivity contribution in [2.24, 2.45) is 0 Å². The molecule has 4 heteroatoms. The first kappa shape index (κ1) is 50.9. The Hall–Kier alpha value is -1.13. The number of nitrogens with one attached hydrogen (secondary N) is 1. The standard InChI is InChI=1S/C48H93NO3/c1-3-5-7-9-11-13-15-17-19-20-21-22-23-24-25-26-27-28-30-32-34-36-38-40-42-44-48(52)49-46(45-50)47(51)43-41-39-37-35-33-31-29-18-16-14-12-10-8-6-4-2/h24-25,41,43,46-47,50-51H,3-23,26-40,42,44-45H2,1-2H3,(H,49,52)/b25-24-,43-41+. The second kappa shape index (κ2) is 44.3. The van der Waals surface area contributed by atoms with Gasteiger partial charge in [-0.05, 0) is 44.9 Å². The molecule has 52 heavy (non-hydrogen) atoms. The minimum absolute atomic E-state index is 0.0638. The molecule has 0 aliphatic heterocycles. The highest BCUT2D eigenvalue weighted by molar-refractivity contribution is 5.76. The summed E-state index contributed by atoms with van der Waals surface area (Å²) in [7, 11) is 0. The van der Waals surface area contributed by atoms with Crippen molar-refractivity contribution >= 4 is 5.91 Å². The summed E-state index contributed by atoms with van der Waals surface area (Å²) < 4.78 is 0. The van der Waals surface area contributed by atoms with Gasteiger partial charge in [0.1, 0.15) is 0 Å². The summed E-state index contributed by atoms with van der Waals surface area (Å²) in [6.07, 6.45) is 57.3. The van der Waals surface area contributed by atoms with E-state index < -0.39 is 12.1 Å². The zero-order chi connectivity index (χ0) is 37.8. The zero-order valence-electron chi connectivity index (χ0n) is 35.3. The number of rotatable bonds is 43. The van der Waals surface area contributed by atoms with Crippen LogP contribution in [0.1, 0.15) is 258 Å². The summed E-state index contributed by atoms with van der Waals surface area (Å²) in [5, 5.41) is 23.0. The van der Waals surface area contributed by atoms with Gasteiger partial charge < -0.3 is 15.5 Å². The lowest BCUT2D eigenvalue weighted by molar-refractivity contribution is -0.123. The molecular weight excluding hydrogens is 639 g/mol. The average Bonchev–Trinajstić information content (AvgIpc) is 3.15. The third-order valence-electron chi connectivity index (χ3n) is 10.9. The summed E-state index contributed by atoms with van der Waals surface area (Å²) in [6.45, 7) is 4.32. The molecule has 0 aliphatic carbocycles. The van der Waals surface area contributed by atoms with Crippen molar-refractivity contribution in [1.82, 2.24) is 5.32 Å². The highest BCUT2D eigenvalue weighted by atomic mass is 16.3. The van der Waals surface area contributed by atoms with E-state index in [4.69, 9.17) is 0 Å². The molecule has 2 atom stereocenters. The monoisotopic (exact) mass is 732 g/mol. The molecule has 308 valence electrons. The van der Waals surface area contributed by atoms with Crippen LogP contribution in [0.5, 0.6) is 0 Å². The molecule has 1 amide bonds. The molecule has 0 heterocycles. The molecule has 0 aromatic carbocycles. The maximum Gasteiger partial charge on any atom is 0.220 e. The summed E-state index contributed by atoms with van der Waals surface area (Å²) in [4.78, 5) is 12.4. The molecule has 0 radical (unpaired) electrons. The molecule has 0 bridgehead atoms. The highest BCUT2D eigenvalue weighted by Crippen LogP contribution is 2.16. The average molecular weight is 732 g/mol. The van der Waals surface area contributed by atoms with E-state index in [1.807, 2.05) is 6.08 Å². The lowest BCUT2D eigenvalue weighted by atomic mass is 10.0. The maximum atomic E-state index is 12.4. The van der Waals surface area contributed by atoms with E-state index in [0.717, 1.165) is 25.7 Å². The van der Waals surface area contributed by atoms with Crippen LogP contribution >= 0.6 is 0 Å². The Morgan fingerprint density at radius 3 is 1.06 bits per heavy atom. The lowest BCUT2D eigenvalue weighted by Gasteiger charge is -2.20. The predicted octanol–water partition coefficient (Wildman–Crippen LogP) is 14.8. The second-order valence-corrected chi connectivity index (χ2v) is 16.2. The van der Waals surface area contributed by atoms with Crippen molar-refractivity contribution in [1.29, 1.82) is 0 Å². The van der Waals surface area contributed by atoms with Crippen molar-refractivity contribution in [3.8, 4) is 0 Å². The largest absolute Gasteiger partial charge is 0.394 e. The Labute approximate surface area is 326 Å². The Morgan fingerprint density at radius 2 is 0.731 bits per heavy atom. The van der Waals surface area contributed by atoms with Gasteiger partial charge in [0.2, 0.25) is 5.91 Å². The molecule has 0 aliphatic rings. The van der Waals surface area contributed by atoms with Crippen molar-refractivity contribution in [3.05, 3.63) is 24.3 Å². The first-order chi connectivity index (χ1) is 25.7. The maximum absolute atomic E-state index is 12.4. The van der Waals surface area contributed by atoms with Gasteiger partial charge in [-0.2, -0.15) is 0 Å². The number of carbonyl (C=O) groups excluding carboxylic acids is 1. The number of allylic oxidation sites excluding steroid dienone is 3. The molecule has 0 saturated carbocycles. The van der Waals surface area contributed by atoms with Gasteiger partial charge in [0.15, 0.2) is 0 Å². The van der Waals surface area contributed by atoms with Gasteiger partial charge in [-0.25, -0.2) is 0 Å². The second-order valence-electron chi connectivity index (χ2n) is 16.2. The van der Waals surface area contributed by atoms with Crippen molar-refractivity contribution in [3.63, 3.8) is 0 Å². The van der Waals surface area contributed by atoms with Gasteiger partial charge in [-0.1, -0.05) is 231 Å². The topological polar surface area (TPSA) is 69.6 Å². The van der Waals surface area contributed by atoms with E-state index >= 15 is 0 Å². The van der Waals surface area contributed by atoms with E-state index in [1.54, 1.807) is 6.08 Å². The first-order valence-electron chi connectivity index (χ1n) is 23.6. The number of aliphatic hydroxyl groups excluding tert-OH is 2. The summed E-state index contributed by atoms with van der Waals surface area (Å²) in [6, 6.07) is -0.620. The van der Waals surface area contributed by atoms with Crippen LogP contribution in [0.2, 0.25) is 0 Å². The number of hydrogen-bond donors (Lipinski definition) is 3. The lowest BCUT2D eigenvalue weighted by Crippen LogP contribution is -2.45. The third-order valence-corrected chi connectivity index (χ3v) is 10.9. The molecular formula is C48H93NO3. The van der Waals surface area contributed by atoms with E-state index in [0.29, 0.717) is 6.42 Å². The van der Waals surface area contributed by atoms with Crippen molar-refractivity contribution < 1.29 is 15.0 Å². The minimum Gasteiger partial charge on any atom is -0.394 e. The van der Waals surface area contributed by atoms with Crippen LogP contribution < -0.4 is 5.32 Å². The van der Waals surface area contributed by atoms with E-state index in [9.17, 15) is 15.0 Å². The van der Waals surface area contributed by atoms with Crippen molar-refractivity contribution in [2.45, 2.75) is 270 Å². The minimum atomic E-state index is -0.837. The van der Waals surface area contributed by atoms with Crippen LogP contribution in [-0.2, 0) is 4.79 Å². The zero-order valence-corrected chi connectivity index (χ0v) is 35.3. The molecule has 0 saturated heterocycles. The molecule has 0 fully saturated rings. The highest BCUT2D eigenvalue weighted by Gasteiger charge is 2.17. The number of carbonyl (C=O) groups is 1. The Bertz CT molecular complexity index is 750. The Morgan fingerprint density at radius 1 is 0.442 bits per heavy atom. The molecule has 0 spiro atoms. The van der Waals surface area contributed by atoms with Crippen LogP contribution in [-0.4, -0.2) is 34.9 Å². The van der Waals surface area contributed by atoms with Crippen LogP contribution in [0, 0.1) is 0 Å². The van der Waals surface area contributed by atoms with Crippen LogP contribution in [0.15, 0.2) is 24.3 Å². The van der Waals surface area contributed by atoms with Gasteiger partial charge in [0.25, 0.3) is 0 Å². The van der Waals surface area contributed by atoms with Crippen LogP contribution in [0.4, 0.5) is 0 Å². The summed E-state index contributed by atoms with van der Waals surface area (Å²) in [5.74, 6) is -0.0638. The van der Waals surface area contributed by atoms with Gasteiger partial charge >= 0.3 is 0 Å². The Kier molecular flexibility index (Phi) is 43.3. The third kappa shape index (κ3) is 40.1. The SMILES string of the molecule is CCCCCCCCCCCCCC/C=C\CCCCCCCCCCCC(=O)NC(CO)C(O)/C=C/CCCCCCCCCCCCCCC. The molecule has 0 aromatic rings. The normalized spacial score (nSPS) is 13.1. The molecule has 4 nitrogen and oxygen atoms in total. The molecule has 2 unspecified atom stereocenters.